The number of amides is 3. The van der Waals surface area contributed by atoms with E-state index in [1.807, 2.05) is 19.1 Å². The van der Waals surface area contributed by atoms with Crippen LogP contribution in [0.1, 0.15) is 23.7 Å². The van der Waals surface area contributed by atoms with Crippen LogP contribution in [0.4, 0.5) is 16.3 Å². The van der Waals surface area contributed by atoms with Gasteiger partial charge in [0.1, 0.15) is 5.82 Å². The lowest BCUT2D eigenvalue weighted by Crippen LogP contribution is -2.35. The number of carbonyl (C=O) groups is 2. The minimum absolute atomic E-state index is 0.0945. The molecule has 0 saturated carbocycles. The Morgan fingerprint density at radius 1 is 1.10 bits per heavy atom. The first-order valence-electron chi connectivity index (χ1n) is 9.48. The van der Waals surface area contributed by atoms with E-state index in [0.29, 0.717) is 47.5 Å². The van der Waals surface area contributed by atoms with Crippen molar-refractivity contribution < 1.29 is 9.59 Å². The highest BCUT2D eigenvalue weighted by molar-refractivity contribution is 6.36. The van der Waals surface area contributed by atoms with E-state index >= 15 is 0 Å². The Morgan fingerprint density at radius 3 is 2.62 bits per heavy atom. The van der Waals surface area contributed by atoms with Crippen LogP contribution in [-0.4, -0.2) is 54.5 Å². The fourth-order valence-corrected chi connectivity index (χ4v) is 3.66. The number of rotatable bonds is 4. The third-order valence-electron chi connectivity index (χ3n) is 4.61. The molecule has 154 valence electrons. The molecule has 7 nitrogen and oxygen atoms in total. The molecule has 2 N–H and O–H groups in total. The first-order valence-corrected chi connectivity index (χ1v) is 10.2. The van der Waals surface area contributed by atoms with Crippen LogP contribution in [0.3, 0.4) is 0 Å². The van der Waals surface area contributed by atoms with Gasteiger partial charge in [0.2, 0.25) is 0 Å². The first kappa shape index (κ1) is 21.2. The Bertz CT molecular complexity index is 876. The second-order valence-corrected chi connectivity index (χ2v) is 7.49. The van der Waals surface area contributed by atoms with E-state index in [9.17, 15) is 9.59 Å². The lowest BCUT2D eigenvalue weighted by atomic mass is 10.2. The number of halogens is 2. The van der Waals surface area contributed by atoms with Gasteiger partial charge in [-0.1, -0.05) is 23.2 Å². The van der Waals surface area contributed by atoms with Gasteiger partial charge in [0.25, 0.3) is 5.91 Å². The van der Waals surface area contributed by atoms with Crippen molar-refractivity contribution in [2.24, 2.45) is 0 Å². The number of aromatic nitrogens is 1. The molecule has 0 bridgehead atoms. The van der Waals surface area contributed by atoms with Gasteiger partial charge in [0.05, 0.1) is 22.5 Å². The molecule has 1 fully saturated rings. The van der Waals surface area contributed by atoms with E-state index in [-0.39, 0.29) is 11.9 Å². The lowest BCUT2D eigenvalue weighted by Gasteiger charge is -2.23. The first-order chi connectivity index (χ1) is 14.0. The summed E-state index contributed by atoms with van der Waals surface area (Å²) in [7, 11) is 0. The topological polar surface area (TPSA) is 77.6 Å². The number of benzene rings is 1. The Kier molecular flexibility index (Phi) is 7.17. The van der Waals surface area contributed by atoms with Gasteiger partial charge in [0.15, 0.2) is 0 Å². The molecule has 2 aromatic rings. The SMILES string of the molecule is CCNC(=O)Nc1ccc(N2CCCN(C(=O)c3ccc(Cl)cc3Cl)CC2)nc1. The van der Waals surface area contributed by atoms with Crippen LogP contribution in [-0.2, 0) is 0 Å². The third kappa shape index (κ3) is 5.52. The number of anilines is 2. The highest BCUT2D eigenvalue weighted by Gasteiger charge is 2.22. The van der Waals surface area contributed by atoms with Gasteiger partial charge < -0.3 is 20.4 Å². The summed E-state index contributed by atoms with van der Waals surface area (Å²) in [5.41, 5.74) is 1.09. The number of hydrogen-bond acceptors (Lipinski definition) is 4. The van der Waals surface area contributed by atoms with Crippen LogP contribution in [0.15, 0.2) is 36.5 Å². The zero-order valence-electron chi connectivity index (χ0n) is 16.1. The predicted octanol–water partition coefficient (Wildman–Crippen LogP) is 3.88. The van der Waals surface area contributed by atoms with Crippen molar-refractivity contribution in [3.8, 4) is 0 Å². The number of pyridine rings is 1. The maximum atomic E-state index is 12.8. The fraction of sp³-hybridized carbons (Fsp3) is 0.350. The Hall–Kier alpha value is -2.51. The summed E-state index contributed by atoms with van der Waals surface area (Å²) < 4.78 is 0. The lowest BCUT2D eigenvalue weighted by molar-refractivity contribution is 0.0767. The monoisotopic (exact) mass is 435 g/mol. The smallest absolute Gasteiger partial charge is 0.319 e. The molecule has 0 spiro atoms. The third-order valence-corrected chi connectivity index (χ3v) is 5.16. The van der Waals surface area contributed by atoms with Crippen molar-refractivity contribution in [2.75, 3.05) is 42.9 Å². The van der Waals surface area contributed by atoms with Gasteiger partial charge in [-0.15, -0.1) is 0 Å². The molecule has 0 atom stereocenters. The van der Waals surface area contributed by atoms with Gasteiger partial charge >= 0.3 is 6.03 Å². The van der Waals surface area contributed by atoms with Gasteiger partial charge in [-0.3, -0.25) is 4.79 Å². The van der Waals surface area contributed by atoms with E-state index < -0.39 is 0 Å². The van der Waals surface area contributed by atoms with E-state index in [0.717, 1.165) is 18.8 Å². The molecule has 1 aliphatic rings. The molecule has 3 amide bonds. The molecule has 3 rings (SSSR count). The average molecular weight is 436 g/mol. The molecule has 0 unspecified atom stereocenters. The van der Waals surface area contributed by atoms with Gasteiger partial charge in [-0.25, -0.2) is 9.78 Å². The minimum atomic E-state index is -0.258. The molecule has 9 heteroatoms. The number of nitrogens with zero attached hydrogens (tertiary/aromatic N) is 3. The summed E-state index contributed by atoms with van der Waals surface area (Å²) in [6, 6.07) is 8.35. The Balaban J connectivity index is 1.62. The van der Waals surface area contributed by atoms with E-state index in [1.54, 1.807) is 29.3 Å². The largest absolute Gasteiger partial charge is 0.355 e. The molecule has 1 saturated heterocycles. The van der Waals surface area contributed by atoms with Crippen molar-refractivity contribution in [1.82, 2.24) is 15.2 Å². The minimum Gasteiger partial charge on any atom is -0.355 e. The molecule has 0 aliphatic carbocycles. The van der Waals surface area contributed by atoms with Crippen molar-refractivity contribution in [3.63, 3.8) is 0 Å². The summed E-state index contributed by atoms with van der Waals surface area (Å²) in [6.07, 6.45) is 2.45. The van der Waals surface area contributed by atoms with Crippen LogP contribution < -0.4 is 15.5 Å². The molecule has 1 aromatic carbocycles. The second-order valence-electron chi connectivity index (χ2n) is 6.65. The molecule has 29 heavy (non-hydrogen) atoms. The van der Waals surface area contributed by atoms with Gasteiger partial charge in [0, 0.05) is 37.7 Å². The highest BCUT2D eigenvalue weighted by atomic mass is 35.5. The summed E-state index contributed by atoms with van der Waals surface area (Å²) in [5.74, 6) is 0.716. The number of nitrogens with one attached hydrogen (secondary N) is 2. The molecule has 1 aliphatic heterocycles. The summed E-state index contributed by atoms with van der Waals surface area (Å²) in [6.45, 7) is 5.07. The zero-order valence-corrected chi connectivity index (χ0v) is 17.6. The van der Waals surface area contributed by atoms with Crippen molar-refractivity contribution in [1.29, 1.82) is 0 Å². The maximum absolute atomic E-state index is 12.8. The zero-order chi connectivity index (χ0) is 20.8. The van der Waals surface area contributed by atoms with Crippen LogP contribution in [0.5, 0.6) is 0 Å². The Labute approximate surface area is 180 Å². The Morgan fingerprint density at radius 2 is 1.93 bits per heavy atom. The molecule has 1 aromatic heterocycles. The maximum Gasteiger partial charge on any atom is 0.319 e. The van der Waals surface area contributed by atoms with Crippen molar-refractivity contribution >= 4 is 46.6 Å². The van der Waals surface area contributed by atoms with Gasteiger partial charge in [-0.2, -0.15) is 0 Å². The quantitative estimate of drug-likeness (QED) is 0.763. The fourth-order valence-electron chi connectivity index (χ4n) is 3.17. The number of urea groups is 1. The van der Waals surface area contributed by atoms with E-state index in [2.05, 4.69) is 20.5 Å². The average Bonchev–Trinajstić information content (AvgIpc) is 2.94. The van der Waals surface area contributed by atoms with Crippen LogP contribution in [0.2, 0.25) is 10.0 Å². The van der Waals surface area contributed by atoms with Crippen molar-refractivity contribution in [2.45, 2.75) is 13.3 Å². The standard InChI is InChI=1S/C20H23Cl2N5O2/c1-2-23-20(29)25-15-5-7-18(24-13-15)26-8-3-9-27(11-10-26)19(28)16-6-4-14(21)12-17(16)22/h4-7,12-13H,2-3,8-11H2,1H3,(H2,23,25,29). The van der Waals surface area contributed by atoms with Crippen LogP contribution in [0.25, 0.3) is 0 Å². The second kappa shape index (κ2) is 9.80. The molecular weight excluding hydrogens is 413 g/mol. The van der Waals surface area contributed by atoms with E-state index in [1.165, 1.54) is 0 Å². The summed E-state index contributed by atoms with van der Waals surface area (Å²) >= 11 is 12.1. The van der Waals surface area contributed by atoms with Crippen LogP contribution in [0, 0.1) is 0 Å². The van der Waals surface area contributed by atoms with Gasteiger partial charge in [-0.05, 0) is 43.7 Å². The molecule has 2 heterocycles. The summed E-state index contributed by atoms with van der Waals surface area (Å²) in [5, 5.41) is 6.27. The molecule has 0 radical (unpaired) electrons. The van der Waals surface area contributed by atoms with Crippen LogP contribution >= 0.6 is 23.2 Å². The van der Waals surface area contributed by atoms with E-state index in [4.69, 9.17) is 23.2 Å². The normalized spacial score (nSPS) is 14.3. The predicted molar refractivity (Wildman–Crippen MR) is 116 cm³/mol. The molecular formula is C20H23Cl2N5O2. The summed E-state index contributed by atoms with van der Waals surface area (Å²) in [4.78, 5) is 32.8. The number of carbonyl (C=O) groups excluding carboxylic acids is 2. The van der Waals surface area contributed by atoms with Crippen molar-refractivity contribution in [3.05, 3.63) is 52.1 Å². The number of hydrogen-bond donors (Lipinski definition) is 2. The highest BCUT2D eigenvalue weighted by Crippen LogP contribution is 2.23.